The monoisotopic (exact) mass is 247 g/mol. The van der Waals surface area contributed by atoms with Gasteiger partial charge in [-0.15, -0.1) is 0 Å². The molecule has 0 heterocycles. The molecule has 1 heteroatoms. The van der Waals surface area contributed by atoms with Gasteiger partial charge in [0.25, 0.3) is 0 Å². The summed E-state index contributed by atoms with van der Waals surface area (Å²) in [6, 6.07) is 22.4. The highest BCUT2D eigenvalue weighted by molar-refractivity contribution is 5.88. The topological polar surface area (TPSA) is 9.23 Å². The predicted molar refractivity (Wildman–Crippen MR) is 79.5 cm³/mol. The Morgan fingerprint density at radius 3 is 2.32 bits per heavy atom. The SMILES string of the molecule is [CH2]Cc1ccccc1Oc1cccc2ccccc12. The Kier molecular flexibility index (Phi) is 3.20. The van der Waals surface area contributed by atoms with Crippen molar-refractivity contribution in [3.05, 3.63) is 79.2 Å². The van der Waals surface area contributed by atoms with E-state index in [0.717, 1.165) is 28.9 Å². The van der Waals surface area contributed by atoms with Gasteiger partial charge in [0.2, 0.25) is 0 Å². The van der Waals surface area contributed by atoms with Crippen molar-refractivity contribution >= 4 is 10.8 Å². The zero-order chi connectivity index (χ0) is 13.1. The van der Waals surface area contributed by atoms with Crippen molar-refractivity contribution in [3.63, 3.8) is 0 Å². The van der Waals surface area contributed by atoms with Crippen LogP contribution in [-0.4, -0.2) is 0 Å². The molecule has 3 rings (SSSR count). The second-order valence-corrected chi connectivity index (χ2v) is 4.44. The highest BCUT2D eigenvalue weighted by Crippen LogP contribution is 2.31. The van der Waals surface area contributed by atoms with Crippen LogP contribution in [0.15, 0.2) is 66.7 Å². The lowest BCUT2D eigenvalue weighted by Crippen LogP contribution is -1.90. The van der Waals surface area contributed by atoms with Crippen LogP contribution in [0.2, 0.25) is 0 Å². The van der Waals surface area contributed by atoms with E-state index >= 15 is 0 Å². The van der Waals surface area contributed by atoms with Gasteiger partial charge in [-0.2, -0.15) is 0 Å². The number of rotatable bonds is 3. The average molecular weight is 247 g/mol. The van der Waals surface area contributed by atoms with E-state index in [-0.39, 0.29) is 0 Å². The lowest BCUT2D eigenvalue weighted by Gasteiger charge is -2.11. The fraction of sp³-hybridized carbons (Fsp3) is 0.0556. The minimum Gasteiger partial charge on any atom is -0.456 e. The first-order valence-corrected chi connectivity index (χ1v) is 6.41. The van der Waals surface area contributed by atoms with E-state index in [0.29, 0.717) is 0 Å². The molecule has 0 spiro atoms. The lowest BCUT2D eigenvalue weighted by atomic mass is 10.1. The maximum absolute atomic E-state index is 6.07. The van der Waals surface area contributed by atoms with Gasteiger partial charge in [-0.1, -0.05) is 54.6 Å². The van der Waals surface area contributed by atoms with Gasteiger partial charge < -0.3 is 4.74 Å². The largest absolute Gasteiger partial charge is 0.456 e. The van der Waals surface area contributed by atoms with Crippen molar-refractivity contribution in [2.45, 2.75) is 6.42 Å². The number of para-hydroxylation sites is 1. The fourth-order valence-corrected chi connectivity index (χ4v) is 2.21. The lowest BCUT2D eigenvalue weighted by molar-refractivity contribution is 0.483. The third-order valence-corrected chi connectivity index (χ3v) is 3.21. The molecule has 0 unspecified atom stereocenters. The van der Waals surface area contributed by atoms with Crippen molar-refractivity contribution in [1.82, 2.24) is 0 Å². The molecular formula is C18H15O. The van der Waals surface area contributed by atoms with Crippen LogP contribution in [0.3, 0.4) is 0 Å². The van der Waals surface area contributed by atoms with Crippen LogP contribution >= 0.6 is 0 Å². The predicted octanol–water partition coefficient (Wildman–Crippen LogP) is 5.01. The van der Waals surface area contributed by atoms with Crippen molar-refractivity contribution in [1.29, 1.82) is 0 Å². The van der Waals surface area contributed by atoms with Crippen molar-refractivity contribution in [3.8, 4) is 11.5 Å². The molecule has 0 aliphatic carbocycles. The minimum atomic E-state index is 0.723. The van der Waals surface area contributed by atoms with Crippen LogP contribution in [0, 0.1) is 6.92 Å². The normalized spacial score (nSPS) is 10.6. The third kappa shape index (κ3) is 2.32. The number of ether oxygens (including phenoxy) is 1. The Morgan fingerprint density at radius 1 is 0.737 bits per heavy atom. The molecule has 0 aliphatic heterocycles. The maximum atomic E-state index is 6.07. The molecule has 0 fully saturated rings. The Morgan fingerprint density at radius 2 is 1.42 bits per heavy atom. The standard InChI is InChI=1S/C18H15O/c1-2-14-8-4-6-12-17(14)19-18-13-7-10-15-9-3-5-11-16(15)18/h3-13H,1-2H2. The summed E-state index contributed by atoms with van der Waals surface area (Å²) < 4.78 is 6.07. The van der Waals surface area contributed by atoms with Gasteiger partial charge in [-0.25, -0.2) is 0 Å². The molecular weight excluding hydrogens is 232 g/mol. The summed E-state index contributed by atoms with van der Waals surface area (Å²) in [5.74, 6) is 1.77. The van der Waals surface area contributed by atoms with Crippen molar-refractivity contribution in [2.75, 3.05) is 0 Å². The zero-order valence-electron chi connectivity index (χ0n) is 10.7. The van der Waals surface area contributed by atoms with Crippen LogP contribution in [0.4, 0.5) is 0 Å². The number of hydrogen-bond donors (Lipinski definition) is 0. The highest BCUT2D eigenvalue weighted by Gasteiger charge is 2.05. The van der Waals surface area contributed by atoms with Gasteiger partial charge in [0.1, 0.15) is 11.5 Å². The van der Waals surface area contributed by atoms with Gasteiger partial charge >= 0.3 is 0 Å². The highest BCUT2D eigenvalue weighted by atomic mass is 16.5. The Balaban J connectivity index is 2.06. The molecule has 0 N–H and O–H groups in total. The summed E-state index contributed by atoms with van der Waals surface area (Å²) >= 11 is 0. The van der Waals surface area contributed by atoms with E-state index in [1.807, 2.05) is 48.5 Å². The maximum Gasteiger partial charge on any atom is 0.135 e. The summed E-state index contributed by atoms with van der Waals surface area (Å²) in [7, 11) is 0. The molecule has 0 amide bonds. The van der Waals surface area contributed by atoms with Crippen molar-refractivity contribution < 1.29 is 4.74 Å². The molecule has 3 aromatic carbocycles. The molecule has 0 atom stereocenters. The Labute approximate surface area is 113 Å². The van der Waals surface area contributed by atoms with Gasteiger partial charge in [0.05, 0.1) is 0 Å². The molecule has 0 aromatic heterocycles. The minimum absolute atomic E-state index is 0.723. The molecule has 0 aliphatic rings. The number of hydrogen-bond acceptors (Lipinski definition) is 1. The number of fused-ring (bicyclic) bond motifs is 1. The second-order valence-electron chi connectivity index (χ2n) is 4.44. The van der Waals surface area contributed by atoms with Crippen LogP contribution in [0.1, 0.15) is 5.56 Å². The van der Waals surface area contributed by atoms with Gasteiger partial charge in [0.15, 0.2) is 0 Å². The molecule has 0 bridgehead atoms. The molecule has 19 heavy (non-hydrogen) atoms. The summed E-state index contributed by atoms with van der Waals surface area (Å²) in [5.41, 5.74) is 1.12. The number of benzene rings is 3. The van der Waals surface area contributed by atoms with Crippen LogP contribution in [-0.2, 0) is 6.42 Å². The Bertz CT molecular complexity index is 695. The molecule has 93 valence electrons. The summed E-state index contributed by atoms with van der Waals surface area (Å²) in [5, 5.41) is 2.32. The van der Waals surface area contributed by atoms with E-state index in [4.69, 9.17) is 4.74 Å². The zero-order valence-corrected chi connectivity index (χ0v) is 10.7. The van der Waals surface area contributed by atoms with Gasteiger partial charge in [-0.05, 0) is 36.4 Å². The Hall–Kier alpha value is -2.28. The summed E-state index contributed by atoms with van der Waals surface area (Å²) in [6.45, 7) is 3.94. The molecule has 3 aromatic rings. The molecule has 0 saturated heterocycles. The van der Waals surface area contributed by atoms with E-state index in [9.17, 15) is 0 Å². The average Bonchev–Trinajstić information content (AvgIpc) is 2.48. The first-order valence-electron chi connectivity index (χ1n) is 6.41. The third-order valence-electron chi connectivity index (χ3n) is 3.21. The molecule has 1 nitrogen and oxygen atoms in total. The quantitative estimate of drug-likeness (QED) is 0.632. The summed E-state index contributed by atoms with van der Waals surface area (Å²) in [6.07, 6.45) is 0.723. The first kappa shape index (κ1) is 11.8. The smallest absolute Gasteiger partial charge is 0.135 e. The van der Waals surface area contributed by atoms with Crippen LogP contribution in [0.25, 0.3) is 10.8 Å². The van der Waals surface area contributed by atoms with Crippen molar-refractivity contribution in [2.24, 2.45) is 0 Å². The molecule has 0 saturated carbocycles. The molecule has 1 radical (unpaired) electrons. The van der Waals surface area contributed by atoms with Crippen LogP contribution in [0.5, 0.6) is 11.5 Å². The van der Waals surface area contributed by atoms with E-state index in [1.165, 1.54) is 5.39 Å². The van der Waals surface area contributed by atoms with E-state index in [2.05, 4.69) is 25.1 Å². The summed E-state index contributed by atoms with van der Waals surface area (Å²) in [4.78, 5) is 0. The van der Waals surface area contributed by atoms with Gasteiger partial charge in [-0.3, -0.25) is 0 Å². The van der Waals surface area contributed by atoms with E-state index in [1.54, 1.807) is 0 Å². The van der Waals surface area contributed by atoms with Crippen LogP contribution < -0.4 is 4.74 Å². The van der Waals surface area contributed by atoms with E-state index < -0.39 is 0 Å². The second kappa shape index (κ2) is 5.15. The fourth-order valence-electron chi connectivity index (χ4n) is 2.21. The van der Waals surface area contributed by atoms with Gasteiger partial charge in [0, 0.05) is 5.39 Å². The first-order chi connectivity index (χ1) is 9.38.